The Kier molecular flexibility index (Phi) is 19.1. The summed E-state index contributed by atoms with van der Waals surface area (Å²) in [6.07, 6.45) is -7.17. The fourth-order valence-corrected chi connectivity index (χ4v) is 8.40. The lowest BCUT2D eigenvalue weighted by Crippen LogP contribution is -2.49. The molecule has 7 rings (SSSR count). The topological polar surface area (TPSA) is 172 Å². The molecule has 1 saturated heterocycles. The number of carbonyl (C=O) groups excluding carboxylic acids is 3. The first-order valence-electron chi connectivity index (χ1n) is 20.7. The average Bonchev–Trinajstić information content (AvgIpc) is 3.88. The van der Waals surface area contributed by atoms with Crippen LogP contribution in [0.4, 0.5) is 26.3 Å². The molecule has 4 aromatic rings. The van der Waals surface area contributed by atoms with Gasteiger partial charge in [0.2, 0.25) is 5.91 Å². The zero-order valence-corrected chi connectivity index (χ0v) is 40.7. The van der Waals surface area contributed by atoms with E-state index in [0.29, 0.717) is 44.4 Å². The second-order valence-electron chi connectivity index (χ2n) is 14.4. The van der Waals surface area contributed by atoms with Crippen molar-refractivity contribution in [3.8, 4) is 34.5 Å². The standard InChI is InChI=1S/C22H17ClF3N3O4S.C22H20ClF3N2O5S.C2H6/c1-32-17-8-12(9-18-20(31)28-21(34-18)29-7-6-27-19(30)11-29)2-4-16(17)33-15-5-3-13(23)10-14(15)22(24,25)26;1-28(10-14(30)11-29)21-27-20(31)19(34-21)8-12-3-5-17(18(7-12)32-2)33-16-6-4-13(23)9-15(16)22(24,25)26;1-2/h2-5,8-10H,6-7,11H2,1H3,(H,27,30);3-9,14,29-30H,10-11H2,1-2H3;1-2H3/b18-9-;19-8-;. The Bertz CT molecular complexity index is 2720. The minimum atomic E-state index is -4.67. The molecule has 374 valence electrons. The maximum atomic E-state index is 13.4. The predicted molar refractivity (Wildman–Crippen MR) is 257 cm³/mol. The van der Waals surface area contributed by atoms with E-state index in [2.05, 4.69) is 15.3 Å². The van der Waals surface area contributed by atoms with Crippen LogP contribution in [0.3, 0.4) is 0 Å². The van der Waals surface area contributed by atoms with Gasteiger partial charge in [0.1, 0.15) is 11.5 Å². The summed E-state index contributed by atoms with van der Waals surface area (Å²) < 4.78 is 102. The number of benzene rings is 4. The van der Waals surface area contributed by atoms with Crippen molar-refractivity contribution in [1.82, 2.24) is 15.1 Å². The van der Waals surface area contributed by atoms with Gasteiger partial charge in [-0.15, -0.1) is 0 Å². The number of aliphatic hydroxyl groups is 2. The average molecular weight is 1060 g/mol. The van der Waals surface area contributed by atoms with Crippen LogP contribution in [0.25, 0.3) is 12.2 Å². The summed E-state index contributed by atoms with van der Waals surface area (Å²) in [5.74, 6) is -1.52. The molecule has 0 spiro atoms. The lowest BCUT2D eigenvalue weighted by molar-refractivity contribution is -0.139. The second kappa shape index (κ2) is 24.3. The third kappa shape index (κ3) is 14.6. The minimum Gasteiger partial charge on any atom is -0.493 e. The molecule has 14 nitrogen and oxygen atoms in total. The Labute approximate surface area is 415 Å². The molecular weight excluding hydrogens is 1020 g/mol. The molecule has 3 aliphatic rings. The van der Waals surface area contributed by atoms with E-state index in [9.17, 15) is 45.8 Å². The molecule has 70 heavy (non-hydrogen) atoms. The Morgan fingerprint density at radius 2 is 1.21 bits per heavy atom. The van der Waals surface area contributed by atoms with E-state index in [4.69, 9.17) is 47.3 Å². The van der Waals surface area contributed by atoms with Crippen molar-refractivity contribution in [3.63, 3.8) is 0 Å². The molecule has 3 aliphatic heterocycles. The Morgan fingerprint density at radius 3 is 1.67 bits per heavy atom. The van der Waals surface area contributed by atoms with E-state index in [1.54, 1.807) is 41.1 Å². The molecular formula is C46H43Cl2F6N5O9S2. The van der Waals surface area contributed by atoms with Crippen LogP contribution >= 0.6 is 46.7 Å². The highest BCUT2D eigenvalue weighted by Crippen LogP contribution is 2.44. The molecule has 0 bridgehead atoms. The Hall–Kier alpha value is -5.91. The van der Waals surface area contributed by atoms with Crippen LogP contribution in [-0.2, 0) is 26.7 Å². The van der Waals surface area contributed by atoms with Crippen LogP contribution in [-0.4, -0.2) is 108 Å². The third-order valence-corrected chi connectivity index (χ3v) is 12.1. The summed E-state index contributed by atoms with van der Waals surface area (Å²) in [6, 6.07) is 15.4. The first-order chi connectivity index (χ1) is 33.1. The van der Waals surface area contributed by atoms with Crippen LogP contribution in [0, 0.1) is 0 Å². The number of ether oxygens (including phenoxy) is 4. The number of aliphatic hydroxyl groups excluding tert-OH is 2. The number of likely N-dealkylation sites (N-methyl/N-ethyl adjacent to an activating group) is 1. The zero-order valence-electron chi connectivity index (χ0n) is 37.6. The van der Waals surface area contributed by atoms with Crippen molar-refractivity contribution >= 4 is 86.9 Å². The minimum absolute atomic E-state index is 0.0394. The molecule has 1 unspecified atom stereocenters. The number of halogens is 8. The van der Waals surface area contributed by atoms with Crippen LogP contribution in [0.1, 0.15) is 36.1 Å². The summed E-state index contributed by atoms with van der Waals surface area (Å²) in [7, 11) is 4.32. The summed E-state index contributed by atoms with van der Waals surface area (Å²) in [6.45, 7) is 4.80. The number of nitrogens with one attached hydrogen (secondary N) is 1. The number of carbonyl (C=O) groups is 3. The number of alkyl halides is 6. The molecule has 3 N–H and O–H groups in total. The number of nitrogens with zero attached hydrogens (tertiary/aromatic N) is 4. The lowest BCUT2D eigenvalue weighted by Gasteiger charge is -2.27. The number of hydrogen-bond donors (Lipinski definition) is 3. The van der Waals surface area contributed by atoms with Gasteiger partial charge in [0.05, 0.1) is 54.4 Å². The first-order valence-corrected chi connectivity index (χ1v) is 23.1. The molecule has 0 radical (unpaired) electrons. The number of thioether (sulfide) groups is 2. The van der Waals surface area contributed by atoms with Crippen molar-refractivity contribution in [2.45, 2.75) is 32.3 Å². The van der Waals surface area contributed by atoms with E-state index < -0.39 is 59.5 Å². The first kappa shape index (κ1) is 55.0. The van der Waals surface area contributed by atoms with Gasteiger partial charge in [-0.05, 0) is 107 Å². The van der Waals surface area contributed by atoms with E-state index in [-0.39, 0.29) is 52.0 Å². The van der Waals surface area contributed by atoms with Crippen LogP contribution in [0.5, 0.6) is 34.5 Å². The Morgan fingerprint density at radius 1 is 0.743 bits per heavy atom. The number of amidine groups is 2. The third-order valence-electron chi connectivity index (χ3n) is 9.45. The van der Waals surface area contributed by atoms with Gasteiger partial charge in [0.15, 0.2) is 33.3 Å². The van der Waals surface area contributed by atoms with Crippen LogP contribution in [0.15, 0.2) is 92.6 Å². The van der Waals surface area contributed by atoms with Crippen LogP contribution < -0.4 is 24.3 Å². The van der Waals surface area contributed by atoms with Crippen molar-refractivity contribution in [3.05, 3.63) is 115 Å². The van der Waals surface area contributed by atoms with E-state index >= 15 is 0 Å². The predicted octanol–water partition coefficient (Wildman–Crippen LogP) is 10.0. The van der Waals surface area contributed by atoms with Gasteiger partial charge in [-0.25, -0.2) is 0 Å². The molecule has 3 heterocycles. The molecule has 24 heteroatoms. The van der Waals surface area contributed by atoms with Crippen molar-refractivity contribution in [2.75, 3.05) is 54.1 Å². The van der Waals surface area contributed by atoms with Gasteiger partial charge in [-0.1, -0.05) is 49.2 Å². The van der Waals surface area contributed by atoms with Crippen molar-refractivity contribution in [2.24, 2.45) is 9.98 Å². The summed E-state index contributed by atoms with van der Waals surface area (Å²) >= 11 is 13.7. The summed E-state index contributed by atoms with van der Waals surface area (Å²) in [5.41, 5.74) is -0.958. The van der Waals surface area contributed by atoms with Gasteiger partial charge in [0, 0.05) is 36.7 Å². The number of aliphatic imine (C=N–C) groups is 2. The SMILES string of the molecule is CC.COc1cc(/C=C2\SC(N(C)CC(O)CO)=NC2=O)ccc1Oc1ccc(Cl)cc1C(F)(F)F.COc1cc(/C=C2\SC(N3CCNC(=O)C3)=NC2=O)ccc1Oc1ccc(Cl)cc1C(F)(F)F. The quantitative estimate of drug-likeness (QED) is 0.0959. The number of rotatable bonds is 11. The molecule has 1 atom stereocenters. The smallest absolute Gasteiger partial charge is 0.420 e. The maximum absolute atomic E-state index is 13.4. The van der Waals surface area contributed by atoms with Gasteiger partial charge < -0.3 is 44.3 Å². The molecule has 4 aromatic carbocycles. The fourth-order valence-electron chi connectivity index (χ4n) is 6.23. The van der Waals surface area contributed by atoms with E-state index in [1.165, 1.54) is 50.6 Å². The second-order valence-corrected chi connectivity index (χ2v) is 17.3. The van der Waals surface area contributed by atoms with Crippen molar-refractivity contribution in [1.29, 1.82) is 0 Å². The number of hydrogen-bond acceptors (Lipinski definition) is 13. The van der Waals surface area contributed by atoms with Crippen LogP contribution in [0.2, 0.25) is 10.0 Å². The number of methoxy groups -OCH3 is 2. The Balaban J connectivity index is 0.000000252. The van der Waals surface area contributed by atoms with Gasteiger partial charge >= 0.3 is 12.4 Å². The van der Waals surface area contributed by atoms with Crippen molar-refractivity contribution < 1.29 is 69.9 Å². The number of amides is 3. The molecule has 3 amide bonds. The van der Waals surface area contributed by atoms with Gasteiger partial charge in [-0.3, -0.25) is 14.4 Å². The molecule has 1 fully saturated rings. The number of piperazine rings is 1. The maximum Gasteiger partial charge on any atom is 0.420 e. The van der Waals surface area contributed by atoms with E-state index in [0.717, 1.165) is 47.8 Å². The monoisotopic (exact) mass is 1060 g/mol. The lowest BCUT2D eigenvalue weighted by atomic mass is 10.1. The molecule has 0 aromatic heterocycles. The van der Waals surface area contributed by atoms with Gasteiger partial charge in [0.25, 0.3) is 11.8 Å². The molecule has 0 saturated carbocycles. The zero-order chi connectivity index (χ0) is 51.5. The van der Waals surface area contributed by atoms with Gasteiger partial charge in [-0.2, -0.15) is 36.3 Å². The highest BCUT2D eigenvalue weighted by molar-refractivity contribution is 8.18. The molecule has 0 aliphatic carbocycles. The summed E-state index contributed by atoms with van der Waals surface area (Å²) in [4.78, 5) is 48.1. The largest absolute Gasteiger partial charge is 0.493 e. The summed E-state index contributed by atoms with van der Waals surface area (Å²) in [5, 5.41) is 21.9. The van der Waals surface area contributed by atoms with E-state index in [1.807, 2.05) is 13.8 Å². The fraction of sp³-hybridized carbons (Fsp3) is 0.283. The normalized spacial score (nSPS) is 16.4. The highest BCUT2D eigenvalue weighted by atomic mass is 35.5. The highest BCUT2D eigenvalue weighted by Gasteiger charge is 2.37.